The van der Waals surface area contributed by atoms with E-state index in [0.717, 1.165) is 16.8 Å². The van der Waals surface area contributed by atoms with Crippen LogP contribution in [0.3, 0.4) is 0 Å². The molecule has 0 unspecified atom stereocenters. The maximum Gasteiger partial charge on any atom is 0.0616 e. The van der Waals surface area contributed by atoms with Crippen molar-refractivity contribution < 1.29 is 0 Å². The van der Waals surface area contributed by atoms with E-state index in [1.807, 2.05) is 26.8 Å². The van der Waals surface area contributed by atoms with E-state index in [1.165, 1.54) is 0 Å². The standard InChI is InChI=1S/C10H16N2/c1-6-8(3)10(12-11-5)9(4)7-2/h6-7,12H,1,5H2,2-4H3/b9-7-,10-8+. The van der Waals surface area contributed by atoms with Gasteiger partial charge in [0.25, 0.3) is 0 Å². The molecule has 0 spiro atoms. The van der Waals surface area contributed by atoms with E-state index in [2.05, 4.69) is 23.8 Å². The van der Waals surface area contributed by atoms with Crippen LogP contribution in [0.4, 0.5) is 0 Å². The van der Waals surface area contributed by atoms with Crippen molar-refractivity contribution in [3.05, 3.63) is 35.6 Å². The number of nitrogens with one attached hydrogen (secondary N) is 1. The minimum absolute atomic E-state index is 0.975. The molecule has 0 radical (unpaired) electrons. The second kappa shape index (κ2) is 5.35. The molecule has 2 heteroatoms. The van der Waals surface area contributed by atoms with Crippen LogP contribution >= 0.6 is 0 Å². The van der Waals surface area contributed by atoms with Crippen molar-refractivity contribution in [2.24, 2.45) is 5.10 Å². The van der Waals surface area contributed by atoms with Crippen molar-refractivity contribution in [3.8, 4) is 0 Å². The summed E-state index contributed by atoms with van der Waals surface area (Å²) in [5.74, 6) is 0. The zero-order valence-corrected chi connectivity index (χ0v) is 8.02. The van der Waals surface area contributed by atoms with Gasteiger partial charge in [0.1, 0.15) is 0 Å². The Hall–Kier alpha value is -1.31. The SMILES string of the molecule is C=C/C(C)=C(NN=C)\C(C)=C/C. The van der Waals surface area contributed by atoms with Crippen LogP contribution in [-0.4, -0.2) is 6.72 Å². The second-order valence-corrected chi connectivity index (χ2v) is 2.50. The topological polar surface area (TPSA) is 24.4 Å². The number of hydrazone groups is 1. The summed E-state index contributed by atoms with van der Waals surface area (Å²) in [6.07, 6.45) is 3.81. The number of allylic oxidation sites excluding steroid dienone is 4. The summed E-state index contributed by atoms with van der Waals surface area (Å²) in [6, 6.07) is 0. The first-order valence-electron chi connectivity index (χ1n) is 3.85. The van der Waals surface area contributed by atoms with E-state index in [0.29, 0.717) is 0 Å². The first kappa shape index (κ1) is 10.7. The molecule has 0 aromatic rings. The van der Waals surface area contributed by atoms with Crippen molar-refractivity contribution >= 4 is 6.72 Å². The fourth-order valence-corrected chi connectivity index (χ4v) is 0.813. The van der Waals surface area contributed by atoms with Gasteiger partial charge >= 0.3 is 0 Å². The Morgan fingerprint density at radius 3 is 2.33 bits per heavy atom. The fourth-order valence-electron chi connectivity index (χ4n) is 0.813. The van der Waals surface area contributed by atoms with Crippen LogP contribution in [0.15, 0.2) is 40.7 Å². The average Bonchev–Trinajstić information content (AvgIpc) is 2.11. The molecule has 0 saturated carbocycles. The third-order valence-corrected chi connectivity index (χ3v) is 1.72. The summed E-state index contributed by atoms with van der Waals surface area (Å²) in [5.41, 5.74) is 6.02. The molecule has 0 atom stereocenters. The van der Waals surface area contributed by atoms with Crippen molar-refractivity contribution in [2.75, 3.05) is 0 Å². The summed E-state index contributed by atoms with van der Waals surface area (Å²) in [6.45, 7) is 13.0. The quantitative estimate of drug-likeness (QED) is 0.385. The third kappa shape index (κ3) is 2.74. The first-order chi connectivity index (χ1) is 5.67. The van der Waals surface area contributed by atoms with Gasteiger partial charge in [0.15, 0.2) is 0 Å². The number of rotatable bonds is 4. The van der Waals surface area contributed by atoms with Crippen LogP contribution in [0.5, 0.6) is 0 Å². The fraction of sp³-hybridized carbons (Fsp3) is 0.300. The highest BCUT2D eigenvalue weighted by Crippen LogP contribution is 2.11. The minimum atomic E-state index is 0.975. The maximum absolute atomic E-state index is 3.69. The van der Waals surface area contributed by atoms with E-state index in [4.69, 9.17) is 0 Å². The highest BCUT2D eigenvalue weighted by atomic mass is 15.3. The van der Waals surface area contributed by atoms with Gasteiger partial charge in [-0.1, -0.05) is 18.7 Å². The second-order valence-electron chi connectivity index (χ2n) is 2.50. The number of nitrogens with zero attached hydrogens (tertiary/aromatic N) is 1. The zero-order chi connectivity index (χ0) is 9.56. The summed E-state index contributed by atoms with van der Waals surface area (Å²) in [7, 11) is 0. The van der Waals surface area contributed by atoms with E-state index < -0.39 is 0 Å². The van der Waals surface area contributed by atoms with Gasteiger partial charge in [-0.3, -0.25) is 5.43 Å². The van der Waals surface area contributed by atoms with E-state index >= 15 is 0 Å². The monoisotopic (exact) mass is 164 g/mol. The predicted molar refractivity (Wildman–Crippen MR) is 55.0 cm³/mol. The molecule has 0 saturated heterocycles. The molecule has 0 aromatic carbocycles. The Morgan fingerprint density at radius 1 is 1.42 bits per heavy atom. The lowest BCUT2D eigenvalue weighted by Crippen LogP contribution is -2.07. The average molecular weight is 164 g/mol. The van der Waals surface area contributed by atoms with E-state index in [-0.39, 0.29) is 0 Å². The van der Waals surface area contributed by atoms with Gasteiger partial charge in [-0.15, -0.1) is 0 Å². The Kier molecular flexibility index (Phi) is 4.77. The molecule has 0 bridgehead atoms. The predicted octanol–water partition coefficient (Wildman–Crippen LogP) is 2.62. The lowest BCUT2D eigenvalue weighted by Gasteiger charge is -2.08. The molecule has 0 aromatic heterocycles. The van der Waals surface area contributed by atoms with Gasteiger partial charge in [-0.25, -0.2) is 0 Å². The summed E-state index contributed by atoms with van der Waals surface area (Å²) in [5, 5.41) is 3.63. The molecule has 0 aliphatic rings. The van der Waals surface area contributed by atoms with E-state index in [1.54, 1.807) is 6.08 Å². The van der Waals surface area contributed by atoms with Gasteiger partial charge in [-0.05, 0) is 31.9 Å². The molecule has 0 rings (SSSR count). The minimum Gasteiger partial charge on any atom is -0.279 e. The van der Waals surface area contributed by atoms with Crippen LogP contribution in [-0.2, 0) is 0 Å². The Balaban J connectivity index is 4.89. The van der Waals surface area contributed by atoms with Crippen molar-refractivity contribution in [1.82, 2.24) is 5.43 Å². The first-order valence-corrected chi connectivity index (χ1v) is 3.85. The molecule has 0 heterocycles. The Bertz CT molecular complexity index is 234. The largest absolute Gasteiger partial charge is 0.279 e. The molecule has 1 N–H and O–H groups in total. The maximum atomic E-state index is 3.69. The lowest BCUT2D eigenvalue weighted by molar-refractivity contribution is 0.892. The molecule has 12 heavy (non-hydrogen) atoms. The van der Waals surface area contributed by atoms with Gasteiger partial charge in [0.05, 0.1) is 5.70 Å². The summed E-state index contributed by atoms with van der Waals surface area (Å²) >= 11 is 0. The van der Waals surface area contributed by atoms with Crippen LogP contribution in [0.25, 0.3) is 0 Å². The van der Waals surface area contributed by atoms with Gasteiger partial charge in [0, 0.05) is 6.72 Å². The normalized spacial score (nSPS) is 13.4. The smallest absolute Gasteiger partial charge is 0.0616 e. The Labute approximate surface area is 74.4 Å². The van der Waals surface area contributed by atoms with Gasteiger partial charge < -0.3 is 0 Å². The summed E-state index contributed by atoms with van der Waals surface area (Å²) < 4.78 is 0. The molecular formula is C10H16N2. The molecule has 0 amide bonds. The molecule has 0 aliphatic carbocycles. The lowest BCUT2D eigenvalue weighted by atomic mass is 10.1. The highest BCUT2D eigenvalue weighted by molar-refractivity contribution is 5.36. The highest BCUT2D eigenvalue weighted by Gasteiger charge is 1.99. The van der Waals surface area contributed by atoms with Crippen LogP contribution in [0.1, 0.15) is 20.8 Å². The van der Waals surface area contributed by atoms with Crippen LogP contribution < -0.4 is 5.43 Å². The molecule has 0 aliphatic heterocycles. The van der Waals surface area contributed by atoms with Crippen molar-refractivity contribution in [2.45, 2.75) is 20.8 Å². The molecule has 2 nitrogen and oxygen atoms in total. The molecular weight excluding hydrogens is 148 g/mol. The summed E-state index contributed by atoms with van der Waals surface area (Å²) in [4.78, 5) is 0. The van der Waals surface area contributed by atoms with Gasteiger partial charge in [-0.2, -0.15) is 5.10 Å². The number of hydrogen-bond donors (Lipinski definition) is 1. The van der Waals surface area contributed by atoms with Crippen molar-refractivity contribution in [1.29, 1.82) is 0 Å². The van der Waals surface area contributed by atoms with Crippen LogP contribution in [0, 0.1) is 0 Å². The third-order valence-electron chi connectivity index (χ3n) is 1.72. The number of hydrogen-bond acceptors (Lipinski definition) is 2. The zero-order valence-electron chi connectivity index (χ0n) is 8.02. The van der Waals surface area contributed by atoms with E-state index in [9.17, 15) is 0 Å². The van der Waals surface area contributed by atoms with Gasteiger partial charge in [0.2, 0.25) is 0 Å². The van der Waals surface area contributed by atoms with Crippen LogP contribution in [0.2, 0.25) is 0 Å². The molecule has 0 fully saturated rings. The Morgan fingerprint density at radius 2 is 2.00 bits per heavy atom. The molecule has 66 valence electrons. The van der Waals surface area contributed by atoms with Crippen molar-refractivity contribution in [3.63, 3.8) is 0 Å².